The number of hydrogen-bond donors (Lipinski definition) is 1. The number of carbonyl (C=O) groups is 1. The molecular formula is C17H12FN3O. The fourth-order valence-corrected chi connectivity index (χ4v) is 2.74. The molecule has 3 aliphatic rings. The zero-order valence-electron chi connectivity index (χ0n) is 11.5. The molecule has 1 aliphatic carbocycles. The Hall–Kier alpha value is -2.95. The van der Waals surface area contributed by atoms with Crippen molar-refractivity contribution >= 4 is 11.6 Å². The summed E-state index contributed by atoms with van der Waals surface area (Å²) < 4.78 is 14.0. The lowest BCUT2D eigenvalue weighted by Gasteiger charge is -2.31. The Kier molecular flexibility index (Phi) is 2.79. The number of halogens is 1. The molecule has 0 saturated heterocycles. The number of nitrogens with one attached hydrogen (secondary N) is 1. The molecule has 4 nitrogen and oxygen atoms in total. The Bertz CT molecular complexity index is 817. The van der Waals surface area contributed by atoms with Gasteiger partial charge in [0.15, 0.2) is 5.82 Å². The van der Waals surface area contributed by atoms with Crippen LogP contribution in [0.2, 0.25) is 0 Å². The predicted molar refractivity (Wildman–Crippen MR) is 81.2 cm³/mol. The van der Waals surface area contributed by atoms with Gasteiger partial charge in [-0.05, 0) is 18.2 Å². The standard InChI is InChI=1S/C17H12FN3O/c18-12-7-5-4-6-11(12)16-17(22)21-14-9-3-1-2-8-13(14)19-10-15(21)20-16/h1-10,14,19H. The highest BCUT2D eigenvalue weighted by Crippen LogP contribution is 2.29. The minimum Gasteiger partial charge on any atom is -0.360 e. The molecule has 2 aliphatic heterocycles. The van der Waals surface area contributed by atoms with Crippen LogP contribution in [0.3, 0.4) is 0 Å². The van der Waals surface area contributed by atoms with E-state index >= 15 is 0 Å². The lowest BCUT2D eigenvalue weighted by Crippen LogP contribution is -2.44. The van der Waals surface area contributed by atoms with E-state index in [2.05, 4.69) is 10.3 Å². The van der Waals surface area contributed by atoms with E-state index in [-0.39, 0.29) is 23.2 Å². The summed E-state index contributed by atoms with van der Waals surface area (Å²) in [5.74, 6) is -0.242. The van der Waals surface area contributed by atoms with E-state index < -0.39 is 5.82 Å². The minimum absolute atomic E-state index is 0.137. The summed E-state index contributed by atoms with van der Waals surface area (Å²) in [6, 6.07) is 5.93. The maximum Gasteiger partial charge on any atom is 0.279 e. The highest BCUT2D eigenvalue weighted by atomic mass is 19.1. The predicted octanol–water partition coefficient (Wildman–Crippen LogP) is 2.24. The van der Waals surface area contributed by atoms with Crippen LogP contribution in [0.5, 0.6) is 0 Å². The number of benzene rings is 1. The van der Waals surface area contributed by atoms with Gasteiger partial charge in [-0.1, -0.05) is 36.4 Å². The number of amides is 1. The second-order valence-electron chi connectivity index (χ2n) is 5.10. The first-order chi connectivity index (χ1) is 10.8. The van der Waals surface area contributed by atoms with Crippen molar-refractivity contribution in [3.05, 3.63) is 83.7 Å². The average molecular weight is 293 g/mol. The molecule has 1 aromatic carbocycles. The fourth-order valence-electron chi connectivity index (χ4n) is 2.74. The Labute approximate surface area is 126 Å². The lowest BCUT2D eigenvalue weighted by molar-refractivity contribution is -0.122. The largest absolute Gasteiger partial charge is 0.360 e. The zero-order valence-corrected chi connectivity index (χ0v) is 11.5. The quantitative estimate of drug-likeness (QED) is 0.863. The number of carbonyl (C=O) groups excluding carboxylic acids is 1. The van der Waals surface area contributed by atoms with Gasteiger partial charge in [-0.3, -0.25) is 9.69 Å². The first-order valence-electron chi connectivity index (χ1n) is 6.94. The van der Waals surface area contributed by atoms with Crippen molar-refractivity contribution in [2.24, 2.45) is 4.99 Å². The van der Waals surface area contributed by atoms with Gasteiger partial charge in [0.25, 0.3) is 5.91 Å². The van der Waals surface area contributed by atoms with Crippen LogP contribution in [-0.4, -0.2) is 22.6 Å². The van der Waals surface area contributed by atoms with E-state index in [9.17, 15) is 9.18 Å². The first kappa shape index (κ1) is 12.8. The molecule has 0 radical (unpaired) electrons. The summed E-state index contributed by atoms with van der Waals surface area (Å²) in [6.07, 6.45) is 11.2. The van der Waals surface area contributed by atoms with Crippen LogP contribution in [0, 0.1) is 5.82 Å². The average Bonchev–Trinajstić information content (AvgIpc) is 2.72. The van der Waals surface area contributed by atoms with E-state index in [1.54, 1.807) is 29.3 Å². The molecule has 2 heterocycles. The van der Waals surface area contributed by atoms with Crippen molar-refractivity contribution in [1.82, 2.24) is 10.2 Å². The van der Waals surface area contributed by atoms with E-state index in [4.69, 9.17) is 0 Å². The van der Waals surface area contributed by atoms with Gasteiger partial charge in [0.2, 0.25) is 0 Å². The molecule has 1 N–H and O–H groups in total. The third kappa shape index (κ3) is 1.83. The second kappa shape index (κ2) is 4.80. The van der Waals surface area contributed by atoms with E-state index in [0.717, 1.165) is 5.70 Å². The summed E-state index contributed by atoms with van der Waals surface area (Å²) in [6.45, 7) is 0. The topological polar surface area (TPSA) is 44.7 Å². The van der Waals surface area contributed by atoms with E-state index in [1.165, 1.54) is 6.07 Å². The molecule has 0 bridgehead atoms. The molecular weight excluding hydrogens is 281 g/mol. The highest BCUT2D eigenvalue weighted by Gasteiger charge is 2.39. The lowest BCUT2D eigenvalue weighted by atomic mass is 10.1. The van der Waals surface area contributed by atoms with Gasteiger partial charge in [0, 0.05) is 17.5 Å². The Balaban J connectivity index is 1.78. The molecule has 22 heavy (non-hydrogen) atoms. The van der Waals surface area contributed by atoms with Crippen LogP contribution in [0.4, 0.5) is 4.39 Å². The molecule has 4 rings (SSSR count). The van der Waals surface area contributed by atoms with Crippen LogP contribution in [0.1, 0.15) is 5.56 Å². The number of allylic oxidation sites excluding steroid dienone is 4. The normalized spacial score (nSPS) is 22.2. The third-order valence-electron chi connectivity index (χ3n) is 3.78. The smallest absolute Gasteiger partial charge is 0.279 e. The summed E-state index contributed by atoms with van der Waals surface area (Å²) in [7, 11) is 0. The van der Waals surface area contributed by atoms with Gasteiger partial charge < -0.3 is 5.32 Å². The summed E-state index contributed by atoms with van der Waals surface area (Å²) in [4.78, 5) is 18.6. The van der Waals surface area contributed by atoms with Crippen LogP contribution in [0.15, 0.2) is 77.4 Å². The third-order valence-corrected chi connectivity index (χ3v) is 3.78. The van der Waals surface area contributed by atoms with Gasteiger partial charge in [0.1, 0.15) is 11.5 Å². The Morgan fingerprint density at radius 1 is 1.18 bits per heavy atom. The van der Waals surface area contributed by atoms with Crippen LogP contribution >= 0.6 is 0 Å². The highest BCUT2D eigenvalue weighted by molar-refractivity contribution is 6.47. The SMILES string of the molecule is O=C1C(c2ccccc2F)=NC2=CNC3=CC=CC=CC3N12. The number of hydrogen-bond acceptors (Lipinski definition) is 3. The minimum atomic E-state index is -0.447. The molecule has 0 spiro atoms. The molecule has 0 saturated carbocycles. The van der Waals surface area contributed by atoms with Gasteiger partial charge in [-0.2, -0.15) is 0 Å². The molecule has 0 aromatic heterocycles. The van der Waals surface area contributed by atoms with E-state index in [0.29, 0.717) is 5.82 Å². The maximum absolute atomic E-state index is 14.0. The molecule has 1 aromatic rings. The Morgan fingerprint density at radius 3 is 2.91 bits per heavy atom. The zero-order chi connectivity index (χ0) is 15.1. The molecule has 0 fully saturated rings. The number of nitrogens with zero attached hydrogens (tertiary/aromatic N) is 2. The number of fused-ring (bicyclic) bond motifs is 3. The number of aliphatic imine (C=N–C) groups is 1. The maximum atomic E-state index is 14.0. The van der Waals surface area contributed by atoms with Crippen molar-refractivity contribution in [1.29, 1.82) is 0 Å². The van der Waals surface area contributed by atoms with Crippen molar-refractivity contribution in [2.75, 3.05) is 0 Å². The van der Waals surface area contributed by atoms with Crippen molar-refractivity contribution in [2.45, 2.75) is 6.04 Å². The summed E-state index contributed by atoms with van der Waals surface area (Å²) >= 11 is 0. The molecule has 1 unspecified atom stereocenters. The van der Waals surface area contributed by atoms with Crippen molar-refractivity contribution < 1.29 is 9.18 Å². The van der Waals surface area contributed by atoms with Gasteiger partial charge in [0.05, 0.1) is 6.04 Å². The summed E-state index contributed by atoms with van der Waals surface area (Å²) in [5.41, 5.74) is 1.24. The van der Waals surface area contributed by atoms with Crippen molar-refractivity contribution in [3.8, 4) is 0 Å². The van der Waals surface area contributed by atoms with Crippen LogP contribution in [0.25, 0.3) is 0 Å². The number of rotatable bonds is 1. The van der Waals surface area contributed by atoms with Crippen LogP contribution in [-0.2, 0) is 4.79 Å². The molecule has 1 amide bonds. The summed E-state index contributed by atoms with van der Waals surface area (Å²) in [5, 5.41) is 3.14. The van der Waals surface area contributed by atoms with Gasteiger partial charge >= 0.3 is 0 Å². The monoisotopic (exact) mass is 293 g/mol. The Morgan fingerprint density at radius 2 is 2.05 bits per heavy atom. The van der Waals surface area contributed by atoms with Crippen molar-refractivity contribution in [3.63, 3.8) is 0 Å². The van der Waals surface area contributed by atoms with Crippen LogP contribution < -0.4 is 5.32 Å². The molecule has 5 heteroatoms. The second-order valence-corrected chi connectivity index (χ2v) is 5.10. The first-order valence-corrected chi connectivity index (χ1v) is 6.94. The van der Waals surface area contributed by atoms with Gasteiger partial charge in [-0.15, -0.1) is 0 Å². The fraction of sp³-hybridized carbons (Fsp3) is 0.0588. The molecule has 1 atom stereocenters. The van der Waals surface area contributed by atoms with Gasteiger partial charge in [-0.25, -0.2) is 9.38 Å². The molecule has 108 valence electrons. The van der Waals surface area contributed by atoms with E-state index in [1.807, 2.05) is 30.4 Å².